The van der Waals surface area contributed by atoms with Crippen molar-refractivity contribution < 1.29 is 19.5 Å². The molecule has 0 radical (unpaired) electrons. The Morgan fingerprint density at radius 1 is 1.30 bits per heavy atom. The molecule has 0 spiro atoms. The number of hydrogen-bond acceptors (Lipinski definition) is 4. The fraction of sp³-hybridized carbons (Fsp3) is 0.600. The highest BCUT2D eigenvalue weighted by atomic mass is 16.5. The molecule has 0 bridgehead atoms. The summed E-state index contributed by atoms with van der Waals surface area (Å²) in [6.45, 7) is 2.21. The largest absolute Gasteiger partial charge is 0.497 e. The average Bonchev–Trinajstić information content (AvgIpc) is 2.47. The molecule has 1 aromatic carbocycles. The van der Waals surface area contributed by atoms with Crippen molar-refractivity contribution in [2.45, 2.75) is 45.1 Å². The molecule has 1 saturated carbocycles. The molecule has 4 nitrogen and oxygen atoms in total. The fourth-order valence-corrected chi connectivity index (χ4v) is 2.86. The van der Waals surface area contributed by atoms with Crippen LogP contribution in [0.2, 0.25) is 0 Å². The second-order valence-corrected chi connectivity index (χ2v) is 5.46. The first-order valence-corrected chi connectivity index (χ1v) is 7.34. The van der Waals surface area contributed by atoms with E-state index in [2.05, 4.69) is 6.92 Å². The molecule has 0 heterocycles. The first-order valence-electron chi connectivity index (χ1n) is 7.34. The minimum atomic E-state index is -1.55. The van der Waals surface area contributed by atoms with Gasteiger partial charge < -0.3 is 19.5 Å². The van der Waals surface area contributed by atoms with Gasteiger partial charge in [-0.25, -0.2) is 0 Å². The summed E-state index contributed by atoms with van der Waals surface area (Å²) >= 11 is 0. The summed E-state index contributed by atoms with van der Waals surface area (Å²) < 4.78 is 11.1. The van der Waals surface area contributed by atoms with Crippen LogP contribution in [0.25, 0.3) is 0 Å². The molecule has 5 heteroatoms. The molecule has 1 aromatic rings. The Kier molecular flexibility index (Phi) is 5.32. The smallest absolute Gasteiger partial charge is 0.492 e. The fourth-order valence-electron chi connectivity index (χ4n) is 2.86. The summed E-state index contributed by atoms with van der Waals surface area (Å²) in [6.07, 6.45) is 5.87. The van der Waals surface area contributed by atoms with Gasteiger partial charge in [0.2, 0.25) is 0 Å². The van der Waals surface area contributed by atoms with E-state index in [-0.39, 0.29) is 6.10 Å². The molecule has 1 fully saturated rings. The van der Waals surface area contributed by atoms with Gasteiger partial charge in [0.1, 0.15) is 11.5 Å². The quantitative estimate of drug-likeness (QED) is 0.805. The maximum atomic E-state index is 9.47. The maximum absolute atomic E-state index is 9.47. The highest BCUT2D eigenvalue weighted by Crippen LogP contribution is 2.29. The minimum absolute atomic E-state index is 0.166. The number of benzene rings is 1. The van der Waals surface area contributed by atoms with Crippen LogP contribution in [-0.4, -0.2) is 30.4 Å². The van der Waals surface area contributed by atoms with Gasteiger partial charge in [0.15, 0.2) is 0 Å². The summed E-state index contributed by atoms with van der Waals surface area (Å²) in [7, 11) is 0.00165. The summed E-state index contributed by atoms with van der Waals surface area (Å²) in [6, 6.07) is 5.14. The molecule has 20 heavy (non-hydrogen) atoms. The Morgan fingerprint density at radius 3 is 2.75 bits per heavy atom. The van der Waals surface area contributed by atoms with Gasteiger partial charge in [-0.1, -0.05) is 19.8 Å². The van der Waals surface area contributed by atoms with Crippen molar-refractivity contribution in [1.82, 2.24) is 0 Å². The van der Waals surface area contributed by atoms with E-state index in [1.54, 1.807) is 25.3 Å². The van der Waals surface area contributed by atoms with Crippen LogP contribution in [0.3, 0.4) is 0 Å². The van der Waals surface area contributed by atoms with Crippen LogP contribution >= 0.6 is 0 Å². The van der Waals surface area contributed by atoms with Gasteiger partial charge in [0, 0.05) is 5.46 Å². The first-order chi connectivity index (χ1) is 9.63. The van der Waals surface area contributed by atoms with Crippen molar-refractivity contribution in [3.8, 4) is 11.5 Å². The van der Waals surface area contributed by atoms with Crippen molar-refractivity contribution in [2.24, 2.45) is 5.92 Å². The molecule has 110 valence electrons. The predicted molar refractivity (Wildman–Crippen MR) is 79.5 cm³/mol. The van der Waals surface area contributed by atoms with E-state index in [0.29, 0.717) is 17.0 Å². The van der Waals surface area contributed by atoms with Crippen LogP contribution in [0, 0.1) is 5.92 Å². The van der Waals surface area contributed by atoms with E-state index >= 15 is 0 Å². The van der Waals surface area contributed by atoms with Crippen molar-refractivity contribution in [3.63, 3.8) is 0 Å². The van der Waals surface area contributed by atoms with Crippen molar-refractivity contribution in [3.05, 3.63) is 18.2 Å². The third-order valence-electron chi connectivity index (χ3n) is 4.10. The van der Waals surface area contributed by atoms with E-state index in [0.717, 1.165) is 18.8 Å². The van der Waals surface area contributed by atoms with Crippen LogP contribution in [0.1, 0.15) is 39.0 Å². The molecule has 0 saturated heterocycles. The normalized spacial score (nSPS) is 22.4. The van der Waals surface area contributed by atoms with Gasteiger partial charge in [-0.05, 0) is 43.4 Å². The summed E-state index contributed by atoms with van der Waals surface area (Å²) in [5.41, 5.74) is 0.364. The molecule has 0 aliphatic heterocycles. The van der Waals surface area contributed by atoms with Crippen molar-refractivity contribution in [2.75, 3.05) is 7.11 Å². The van der Waals surface area contributed by atoms with E-state index in [1.807, 2.05) is 0 Å². The Morgan fingerprint density at radius 2 is 2.10 bits per heavy atom. The molecule has 2 unspecified atom stereocenters. The molecular weight excluding hydrogens is 255 g/mol. The number of rotatable bonds is 5. The molecule has 2 N–H and O–H groups in total. The molecule has 0 aromatic heterocycles. The maximum Gasteiger partial charge on any atom is 0.492 e. The van der Waals surface area contributed by atoms with Gasteiger partial charge in [-0.2, -0.15) is 0 Å². The zero-order valence-electron chi connectivity index (χ0n) is 12.2. The van der Waals surface area contributed by atoms with Gasteiger partial charge >= 0.3 is 7.12 Å². The van der Waals surface area contributed by atoms with Crippen molar-refractivity contribution >= 4 is 12.6 Å². The van der Waals surface area contributed by atoms with Crippen LogP contribution in [-0.2, 0) is 0 Å². The van der Waals surface area contributed by atoms with Gasteiger partial charge in [-0.15, -0.1) is 0 Å². The lowest BCUT2D eigenvalue weighted by Gasteiger charge is -2.29. The molecule has 2 rings (SSSR count). The zero-order valence-corrected chi connectivity index (χ0v) is 12.2. The van der Waals surface area contributed by atoms with Gasteiger partial charge in [-0.3, -0.25) is 0 Å². The summed E-state index contributed by atoms with van der Waals surface area (Å²) in [4.78, 5) is 0. The van der Waals surface area contributed by atoms with Crippen molar-refractivity contribution in [1.29, 1.82) is 0 Å². The van der Waals surface area contributed by atoms with E-state index in [4.69, 9.17) is 9.47 Å². The first kappa shape index (κ1) is 15.2. The van der Waals surface area contributed by atoms with E-state index < -0.39 is 7.12 Å². The van der Waals surface area contributed by atoms with Crippen LogP contribution < -0.4 is 14.9 Å². The lowest BCUT2D eigenvalue weighted by molar-refractivity contribution is 0.123. The second kappa shape index (κ2) is 7.00. The van der Waals surface area contributed by atoms with E-state index in [1.165, 1.54) is 19.3 Å². The Labute approximate surface area is 120 Å². The molecule has 0 amide bonds. The lowest BCUT2D eigenvalue weighted by Crippen LogP contribution is -2.34. The predicted octanol–water partition coefficient (Wildman–Crippen LogP) is 1.72. The van der Waals surface area contributed by atoms with Crippen LogP contribution in [0.4, 0.5) is 0 Å². The topological polar surface area (TPSA) is 58.9 Å². The lowest BCUT2D eigenvalue weighted by atomic mass is 9.79. The Balaban J connectivity index is 2.11. The van der Waals surface area contributed by atoms with E-state index in [9.17, 15) is 10.0 Å². The number of hydrogen-bond donors (Lipinski definition) is 2. The third kappa shape index (κ3) is 3.67. The number of methoxy groups -OCH3 is 1. The highest BCUT2D eigenvalue weighted by molar-refractivity contribution is 6.59. The van der Waals surface area contributed by atoms with Gasteiger partial charge in [0.05, 0.1) is 13.2 Å². The Bertz CT molecular complexity index is 436. The molecule has 1 aliphatic rings. The van der Waals surface area contributed by atoms with Crippen LogP contribution in [0.5, 0.6) is 11.5 Å². The SMILES string of the molecule is CCC1CCCC(Oc2ccc(OC)cc2B(O)O)C1. The van der Waals surface area contributed by atoms with Crippen LogP contribution in [0.15, 0.2) is 18.2 Å². The third-order valence-corrected chi connectivity index (χ3v) is 4.10. The second-order valence-electron chi connectivity index (χ2n) is 5.46. The summed E-state index contributed by atoms with van der Waals surface area (Å²) in [5.74, 6) is 1.85. The number of ether oxygens (including phenoxy) is 2. The highest BCUT2D eigenvalue weighted by Gasteiger charge is 2.25. The Hall–Kier alpha value is -1.20. The van der Waals surface area contributed by atoms with Gasteiger partial charge in [0.25, 0.3) is 0 Å². The minimum Gasteiger partial charge on any atom is -0.497 e. The monoisotopic (exact) mass is 278 g/mol. The average molecular weight is 278 g/mol. The molecule has 2 atom stereocenters. The standard InChI is InChI=1S/C15H23BO4/c1-3-11-5-4-6-13(9-11)20-15-8-7-12(19-2)10-14(15)16(17)18/h7-8,10-11,13,17-18H,3-6,9H2,1-2H3. The summed E-state index contributed by atoms with van der Waals surface area (Å²) in [5, 5.41) is 18.9. The molecular formula is C15H23BO4. The zero-order chi connectivity index (χ0) is 14.5. The molecule has 1 aliphatic carbocycles.